The van der Waals surface area contributed by atoms with E-state index in [4.69, 9.17) is 4.74 Å². The smallest absolute Gasteiger partial charge is 0.120 e. The van der Waals surface area contributed by atoms with Crippen molar-refractivity contribution in [3.05, 3.63) is 28.7 Å². The number of benzene rings is 1. The van der Waals surface area contributed by atoms with E-state index in [1.165, 1.54) is 6.42 Å². The number of ether oxygens (including phenoxy) is 1. The molecule has 15 heavy (non-hydrogen) atoms. The molecule has 1 aromatic carbocycles. The Morgan fingerprint density at radius 1 is 1.27 bits per heavy atom. The second-order valence-electron chi connectivity index (χ2n) is 3.88. The molecular weight excluding hydrogens is 254 g/mol. The van der Waals surface area contributed by atoms with Crippen molar-refractivity contribution >= 4 is 15.9 Å². The first kappa shape index (κ1) is 11.0. The van der Waals surface area contributed by atoms with Gasteiger partial charge in [0.25, 0.3) is 0 Å². The van der Waals surface area contributed by atoms with Gasteiger partial charge in [-0.15, -0.1) is 0 Å². The highest BCUT2D eigenvalue weighted by Crippen LogP contribution is 2.21. The third-order valence-corrected chi connectivity index (χ3v) is 3.11. The monoisotopic (exact) mass is 269 g/mol. The summed E-state index contributed by atoms with van der Waals surface area (Å²) in [6.45, 7) is 2.19. The SMILES string of the molecule is Brc1cccc(OC2CCCNCC2)c1. The van der Waals surface area contributed by atoms with Crippen LogP contribution in [0.4, 0.5) is 0 Å². The summed E-state index contributed by atoms with van der Waals surface area (Å²) in [6, 6.07) is 8.07. The second-order valence-corrected chi connectivity index (χ2v) is 4.79. The minimum absolute atomic E-state index is 0.370. The molecule has 0 spiro atoms. The van der Waals surface area contributed by atoms with Crippen LogP contribution < -0.4 is 10.1 Å². The van der Waals surface area contributed by atoms with Crippen molar-refractivity contribution in [1.82, 2.24) is 5.32 Å². The van der Waals surface area contributed by atoms with Crippen LogP contribution in [-0.4, -0.2) is 19.2 Å². The van der Waals surface area contributed by atoms with Crippen molar-refractivity contribution in [1.29, 1.82) is 0 Å². The van der Waals surface area contributed by atoms with Gasteiger partial charge < -0.3 is 10.1 Å². The molecule has 0 radical (unpaired) electrons. The fraction of sp³-hybridized carbons (Fsp3) is 0.500. The van der Waals surface area contributed by atoms with Crippen molar-refractivity contribution in [3.63, 3.8) is 0 Å². The summed E-state index contributed by atoms with van der Waals surface area (Å²) in [5.74, 6) is 0.969. The molecule has 0 aromatic heterocycles. The van der Waals surface area contributed by atoms with E-state index in [0.29, 0.717) is 6.10 Å². The van der Waals surface area contributed by atoms with Crippen LogP contribution in [0.2, 0.25) is 0 Å². The topological polar surface area (TPSA) is 21.3 Å². The summed E-state index contributed by atoms with van der Waals surface area (Å²) in [6.07, 6.45) is 3.83. The Labute approximate surface area is 99.1 Å². The maximum absolute atomic E-state index is 5.95. The first-order chi connectivity index (χ1) is 7.34. The van der Waals surface area contributed by atoms with Crippen molar-refractivity contribution in [2.75, 3.05) is 13.1 Å². The van der Waals surface area contributed by atoms with Crippen molar-refractivity contribution in [2.24, 2.45) is 0 Å². The van der Waals surface area contributed by atoms with Gasteiger partial charge in [-0.1, -0.05) is 22.0 Å². The zero-order chi connectivity index (χ0) is 10.5. The van der Waals surface area contributed by atoms with Crippen LogP contribution in [0.15, 0.2) is 28.7 Å². The Morgan fingerprint density at radius 3 is 3.07 bits per heavy atom. The highest BCUT2D eigenvalue weighted by atomic mass is 79.9. The fourth-order valence-electron chi connectivity index (χ4n) is 1.84. The molecule has 1 aliphatic heterocycles. The Bertz CT molecular complexity index is 308. The lowest BCUT2D eigenvalue weighted by atomic mass is 10.1. The summed E-state index contributed by atoms with van der Waals surface area (Å²) in [5.41, 5.74) is 0. The molecular formula is C12H16BrNO. The molecule has 1 saturated heterocycles. The lowest BCUT2D eigenvalue weighted by molar-refractivity contribution is 0.187. The molecule has 1 fully saturated rings. The Balaban J connectivity index is 1.95. The first-order valence-corrected chi connectivity index (χ1v) is 6.27. The predicted octanol–water partition coefficient (Wildman–Crippen LogP) is 2.97. The zero-order valence-corrected chi connectivity index (χ0v) is 10.3. The maximum Gasteiger partial charge on any atom is 0.120 e. The molecule has 1 atom stereocenters. The lowest BCUT2D eigenvalue weighted by Crippen LogP contribution is -2.19. The van der Waals surface area contributed by atoms with E-state index >= 15 is 0 Å². The predicted molar refractivity (Wildman–Crippen MR) is 65.3 cm³/mol. The molecule has 0 aliphatic carbocycles. The molecule has 1 aromatic rings. The average molecular weight is 270 g/mol. The summed E-state index contributed by atoms with van der Waals surface area (Å²) in [5, 5.41) is 3.39. The zero-order valence-electron chi connectivity index (χ0n) is 8.71. The summed E-state index contributed by atoms with van der Waals surface area (Å²) >= 11 is 3.45. The summed E-state index contributed by atoms with van der Waals surface area (Å²) < 4.78 is 7.02. The number of hydrogen-bond acceptors (Lipinski definition) is 2. The first-order valence-electron chi connectivity index (χ1n) is 5.47. The third-order valence-electron chi connectivity index (χ3n) is 2.62. The van der Waals surface area contributed by atoms with E-state index in [9.17, 15) is 0 Å². The minimum atomic E-state index is 0.370. The Kier molecular flexibility index (Phi) is 4.03. The second kappa shape index (κ2) is 5.52. The van der Waals surface area contributed by atoms with Crippen LogP contribution >= 0.6 is 15.9 Å². The van der Waals surface area contributed by atoms with Crippen LogP contribution in [0.5, 0.6) is 5.75 Å². The van der Waals surface area contributed by atoms with Gasteiger partial charge in [0.05, 0.1) is 6.10 Å². The van der Waals surface area contributed by atoms with Gasteiger partial charge in [0, 0.05) is 4.47 Å². The van der Waals surface area contributed by atoms with Gasteiger partial charge in [-0.25, -0.2) is 0 Å². The quantitative estimate of drug-likeness (QED) is 0.892. The van der Waals surface area contributed by atoms with Gasteiger partial charge >= 0.3 is 0 Å². The standard InChI is InChI=1S/C12H16BrNO/c13-10-3-1-4-12(9-10)15-11-5-2-7-14-8-6-11/h1,3-4,9,11,14H,2,5-8H2. The summed E-state index contributed by atoms with van der Waals surface area (Å²) in [4.78, 5) is 0. The largest absolute Gasteiger partial charge is 0.490 e. The van der Waals surface area contributed by atoms with Crippen LogP contribution in [0.1, 0.15) is 19.3 Å². The Hall–Kier alpha value is -0.540. The number of halogens is 1. The number of hydrogen-bond donors (Lipinski definition) is 1. The average Bonchev–Trinajstić information content (AvgIpc) is 2.46. The minimum Gasteiger partial charge on any atom is -0.490 e. The van der Waals surface area contributed by atoms with Crippen LogP contribution in [0, 0.1) is 0 Å². The molecule has 2 nitrogen and oxygen atoms in total. The van der Waals surface area contributed by atoms with Crippen LogP contribution in [-0.2, 0) is 0 Å². The van der Waals surface area contributed by atoms with Gasteiger partial charge in [0.1, 0.15) is 5.75 Å². The summed E-state index contributed by atoms with van der Waals surface area (Å²) in [7, 11) is 0. The molecule has 82 valence electrons. The Morgan fingerprint density at radius 2 is 2.20 bits per heavy atom. The van der Waals surface area contributed by atoms with Crippen LogP contribution in [0.25, 0.3) is 0 Å². The molecule has 0 amide bonds. The highest BCUT2D eigenvalue weighted by molar-refractivity contribution is 9.10. The number of nitrogens with one attached hydrogen (secondary N) is 1. The van der Waals surface area contributed by atoms with E-state index < -0.39 is 0 Å². The lowest BCUT2D eigenvalue weighted by Gasteiger charge is -2.16. The third kappa shape index (κ3) is 3.50. The number of rotatable bonds is 2. The van der Waals surface area contributed by atoms with E-state index in [1.807, 2.05) is 24.3 Å². The van der Waals surface area contributed by atoms with E-state index in [1.54, 1.807) is 0 Å². The van der Waals surface area contributed by atoms with Gasteiger partial charge in [0.15, 0.2) is 0 Å². The van der Waals surface area contributed by atoms with Gasteiger partial charge in [0.2, 0.25) is 0 Å². The van der Waals surface area contributed by atoms with E-state index in [0.717, 1.165) is 36.2 Å². The van der Waals surface area contributed by atoms with Gasteiger partial charge in [-0.05, 0) is 50.6 Å². The molecule has 1 heterocycles. The maximum atomic E-state index is 5.95. The molecule has 3 heteroatoms. The molecule has 1 aliphatic rings. The van der Waals surface area contributed by atoms with Gasteiger partial charge in [-0.2, -0.15) is 0 Å². The molecule has 0 bridgehead atoms. The van der Waals surface area contributed by atoms with E-state index in [-0.39, 0.29) is 0 Å². The van der Waals surface area contributed by atoms with E-state index in [2.05, 4.69) is 21.2 Å². The molecule has 1 N–H and O–H groups in total. The molecule has 1 unspecified atom stereocenters. The fourth-order valence-corrected chi connectivity index (χ4v) is 2.22. The molecule has 0 saturated carbocycles. The van der Waals surface area contributed by atoms with Crippen molar-refractivity contribution in [2.45, 2.75) is 25.4 Å². The van der Waals surface area contributed by atoms with Crippen molar-refractivity contribution < 1.29 is 4.74 Å². The normalized spacial score (nSPS) is 22.1. The molecule has 2 rings (SSSR count). The highest BCUT2D eigenvalue weighted by Gasteiger charge is 2.13. The van der Waals surface area contributed by atoms with Crippen molar-refractivity contribution in [3.8, 4) is 5.75 Å². The van der Waals surface area contributed by atoms with Crippen LogP contribution in [0.3, 0.4) is 0 Å². The van der Waals surface area contributed by atoms with Gasteiger partial charge in [-0.3, -0.25) is 0 Å².